The lowest BCUT2D eigenvalue weighted by Gasteiger charge is -2.39. The molecule has 0 bridgehead atoms. The highest BCUT2D eigenvalue weighted by Gasteiger charge is 2.42. The molecule has 1 heterocycles. The van der Waals surface area contributed by atoms with Crippen LogP contribution < -0.4 is 16.0 Å². The van der Waals surface area contributed by atoms with E-state index >= 15 is 0 Å². The monoisotopic (exact) mass is 287 g/mol. The van der Waals surface area contributed by atoms with Crippen LogP contribution in [0.5, 0.6) is 0 Å². The van der Waals surface area contributed by atoms with Crippen LogP contribution in [0, 0.1) is 5.41 Å². The topological polar surface area (TPSA) is 75.4 Å². The molecular formula is C16H21N3O2. The Kier molecular flexibility index (Phi) is 3.45. The minimum Gasteiger partial charge on any atom is -0.329 e. The number of hydrogen-bond acceptors (Lipinski definition) is 3. The summed E-state index contributed by atoms with van der Waals surface area (Å²) in [4.78, 5) is 25.7. The van der Waals surface area contributed by atoms with E-state index in [0.29, 0.717) is 6.54 Å². The van der Waals surface area contributed by atoms with Crippen molar-refractivity contribution in [3.63, 3.8) is 0 Å². The molecule has 3 rings (SSSR count). The summed E-state index contributed by atoms with van der Waals surface area (Å²) in [6, 6.07) is 5.75. The SMILES string of the molecule is CC(=O)N1CCc2cc(NC(=O)C3(CN)CCC3)ccc21. The van der Waals surface area contributed by atoms with E-state index in [1.807, 2.05) is 18.2 Å². The number of anilines is 2. The predicted octanol–water partition coefficient (Wildman–Crippen LogP) is 1.66. The minimum atomic E-state index is -0.371. The molecule has 5 heteroatoms. The fourth-order valence-corrected chi connectivity index (χ4v) is 3.20. The highest BCUT2D eigenvalue weighted by atomic mass is 16.2. The number of hydrogen-bond donors (Lipinski definition) is 2. The molecule has 1 fully saturated rings. The third-order valence-corrected chi connectivity index (χ3v) is 4.80. The lowest BCUT2D eigenvalue weighted by Crippen LogP contribution is -2.47. The third-order valence-electron chi connectivity index (χ3n) is 4.80. The normalized spacial score (nSPS) is 18.9. The molecule has 0 saturated heterocycles. The summed E-state index contributed by atoms with van der Waals surface area (Å²) in [6.45, 7) is 2.70. The Hall–Kier alpha value is -1.88. The van der Waals surface area contributed by atoms with E-state index in [4.69, 9.17) is 5.73 Å². The number of nitrogens with zero attached hydrogens (tertiary/aromatic N) is 1. The lowest BCUT2D eigenvalue weighted by molar-refractivity contribution is -0.129. The van der Waals surface area contributed by atoms with Gasteiger partial charge in [0.2, 0.25) is 11.8 Å². The molecule has 1 aromatic carbocycles. The molecule has 5 nitrogen and oxygen atoms in total. The minimum absolute atomic E-state index is 0.0256. The van der Waals surface area contributed by atoms with Crippen molar-refractivity contribution in [1.29, 1.82) is 0 Å². The van der Waals surface area contributed by atoms with Crippen LogP contribution in [-0.4, -0.2) is 24.9 Å². The van der Waals surface area contributed by atoms with Gasteiger partial charge in [0, 0.05) is 31.4 Å². The smallest absolute Gasteiger partial charge is 0.231 e. The fourth-order valence-electron chi connectivity index (χ4n) is 3.20. The van der Waals surface area contributed by atoms with E-state index in [1.165, 1.54) is 0 Å². The Labute approximate surface area is 124 Å². The second-order valence-corrected chi connectivity index (χ2v) is 6.06. The maximum atomic E-state index is 12.4. The van der Waals surface area contributed by atoms with Crippen LogP contribution >= 0.6 is 0 Å². The largest absolute Gasteiger partial charge is 0.329 e. The van der Waals surface area contributed by atoms with Gasteiger partial charge in [-0.2, -0.15) is 0 Å². The van der Waals surface area contributed by atoms with Crippen molar-refractivity contribution in [2.45, 2.75) is 32.6 Å². The van der Waals surface area contributed by atoms with Crippen molar-refractivity contribution in [2.75, 3.05) is 23.3 Å². The van der Waals surface area contributed by atoms with Crippen molar-refractivity contribution in [1.82, 2.24) is 0 Å². The molecule has 1 aliphatic heterocycles. The van der Waals surface area contributed by atoms with Crippen molar-refractivity contribution < 1.29 is 9.59 Å². The summed E-state index contributed by atoms with van der Waals surface area (Å²) in [7, 11) is 0. The molecule has 0 spiro atoms. The summed E-state index contributed by atoms with van der Waals surface area (Å²) in [6.07, 6.45) is 3.65. The second-order valence-electron chi connectivity index (χ2n) is 6.06. The van der Waals surface area contributed by atoms with Crippen molar-refractivity contribution in [2.24, 2.45) is 11.1 Å². The van der Waals surface area contributed by atoms with Gasteiger partial charge in [-0.1, -0.05) is 6.42 Å². The number of fused-ring (bicyclic) bond motifs is 1. The molecule has 21 heavy (non-hydrogen) atoms. The molecule has 0 aromatic heterocycles. The van der Waals surface area contributed by atoms with E-state index < -0.39 is 0 Å². The average molecular weight is 287 g/mol. The fraction of sp³-hybridized carbons (Fsp3) is 0.500. The van der Waals surface area contributed by atoms with Crippen molar-refractivity contribution >= 4 is 23.2 Å². The first-order valence-corrected chi connectivity index (χ1v) is 7.48. The number of carbonyl (C=O) groups excluding carboxylic acids is 2. The van der Waals surface area contributed by atoms with E-state index in [9.17, 15) is 9.59 Å². The third kappa shape index (κ3) is 2.31. The molecule has 0 unspecified atom stereocenters. The van der Waals surface area contributed by atoms with Gasteiger partial charge in [-0.05, 0) is 43.0 Å². The van der Waals surface area contributed by atoms with Gasteiger partial charge >= 0.3 is 0 Å². The summed E-state index contributed by atoms with van der Waals surface area (Å²) in [5.74, 6) is 0.0831. The lowest BCUT2D eigenvalue weighted by atomic mass is 9.68. The first-order chi connectivity index (χ1) is 10.1. The molecule has 112 valence electrons. The molecule has 1 saturated carbocycles. The number of benzene rings is 1. The second kappa shape index (κ2) is 5.15. The van der Waals surface area contributed by atoms with Gasteiger partial charge < -0.3 is 16.0 Å². The van der Waals surface area contributed by atoms with Crippen LogP contribution in [0.2, 0.25) is 0 Å². The van der Waals surface area contributed by atoms with Gasteiger partial charge in [-0.3, -0.25) is 9.59 Å². The number of carbonyl (C=O) groups is 2. The van der Waals surface area contributed by atoms with Crippen LogP contribution in [0.15, 0.2) is 18.2 Å². The summed E-state index contributed by atoms with van der Waals surface area (Å²) >= 11 is 0. The Morgan fingerprint density at radius 3 is 2.71 bits per heavy atom. The van der Waals surface area contributed by atoms with Gasteiger partial charge in [0.05, 0.1) is 5.41 Å². The van der Waals surface area contributed by atoms with E-state index in [0.717, 1.165) is 49.2 Å². The highest BCUT2D eigenvalue weighted by molar-refractivity contribution is 5.98. The quantitative estimate of drug-likeness (QED) is 0.888. The van der Waals surface area contributed by atoms with Crippen LogP contribution in [-0.2, 0) is 16.0 Å². The first kappa shape index (κ1) is 14.1. The Bertz CT molecular complexity index is 588. The van der Waals surface area contributed by atoms with E-state index in [-0.39, 0.29) is 17.2 Å². The zero-order valence-electron chi connectivity index (χ0n) is 12.3. The molecule has 0 atom stereocenters. The number of amides is 2. The molecule has 1 aromatic rings. The summed E-state index contributed by atoms with van der Waals surface area (Å²) < 4.78 is 0. The van der Waals surface area contributed by atoms with Crippen molar-refractivity contribution in [3.8, 4) is 0 Å². The maximum Gasteiger partial charge on any atom is 0.231 e. The van der Waals surface area contributed by atoms with Crippen molar-refractivity contribution in [3.05, 3.63) is 23.8 Å². The number of nitrogens with two attached hydrogens (primary N) is 1. The first-order valence-electron chi connectivity index (χ1n) is 7.48. The molecule has 2 amide bonds. The Balaban J connectivity index is 1.76. The summed E-state index contributed by atoms with van der Waals surface area (Å²) in [5.41, 5.74) is 8.25. The standard InChI is InChI=1S/C16H21N3O2/c1-11(20)19-8-5-12-9-13(3-4-14(12)19)18-15(21)16(10-17)6-2-7-16/h3-4,9H,2,5-8,10,17H2,1H3,(H,18,21). The van der Waals surface area contributed by atoms with Crippen LogP contribution in [0.3, 0.4) is 0 Å². The summed E-state index contributed by atoms with van der Waals surface area (Å²) in [5, 5.41) is 2.99. The number of nitrogens with one attached hydrogen (secondary N) is 1. The molecule has 2 aliphatic rings. The Morgan fingerprint density at radius 2 is 2.14 bits per heavy atom. The Morgan fingerprint density at radius 1 is 1.38 bits per heavy atom. The van der Waals surface area contributed by atoms with Crippen LogP contribution in [0.25, 0.3) is 0 Å². The predicted molar refractivity (Wildman–Crippen MR) is 82.1 cm³/mol. The van der Waals surface area contributed by atoms with Crippen LogP contribution in [0.4, 0.5) is 11.4 Å². The van der Waals surface area contributed by atoms with Gasteiger partial charge in [0.1, 0.15) is 0 Å². The average Bonchev–Trinajstić information content (AvgIpc) is 2.81. The van der Waals surface area contributed by atoms with Gasteiger partial charge in [0.25, 0.3) is 0 Å². The number of rotatable bonds is 3. The highest BCUT2D eigenvalue weighted by Crippen LogP contribution is 2.41. The van der Waals surface area contributed by atoms with Crippen LogP contribution in [0.1, 0.15) is 31.7 Å². The maximum absolute atomic E-state index is 12.4. The van der Waals surface area contributed by atoms with Gasteiger partial charge in [-0.15, -0.1) is 0 Å². The molecule has 0 radical (unpaired) electrons. The molecule has 1 aliphatic carbocycles. The van der Waals surface area contributed by atoms with Gasteiger partial charge in [0.15, 0.2) is 0 Å². The van der Waals surface area contributed by atoms with E-state index in [2.05, 4.69) is 5.32 Å². The molecule has 3 N–H and O–H groups in total. The van der Waals surface area contributed by atoms with Gasteiger partial charge in [-0.25, -0.2) is 0 Å². The molecular weight excluding hydrogens is 266 g/mol. The zero-order valence-corrected chi connectivity index (χ0v) is 12.3. The van der Waals surface area contributed by atoms with E-state index in [1.54, 1.807) is 11.8 Å². The zero-order chi connectivity index (χ0) is 15.0.